The topological polar surface area (TPSA) is 50.4 Å². The number of hydrogen-bond acceptors (Lipinski definition) is 5. The monoisotopic (exact) mass is 352 g/mol. The SMILES string of the molecule is CC(CNC(=O)OC(C)(C)C)NC(c1cccs1)c1cccs1. The molecule has 0 aliphatic heterocycles. The van der Waals surface area contributed by atoms with Crippen LogP contribution in [0.1, 0.15) is 43.5 Å². The average molecular weight is 353 g/mol. The summed E-state index contributed by atoms with van der Waals surface area (Å²) in [6, 6.07) is 8.67. The van der Waals surface area contributed by atoms with Crippen molar-refractivity contribution in [3.05, 3.63) is 44.8 Å². The maximum atomic E-state index is 11.7. The van der Waals surface area contributed by atoms with Gasteiger partial charge in [0.15, 0.2) is 0 Å². The van der Waals surface area contributed by atoms with Crippen molar-refractivity contribution in [1.29, 1.82) is 0 Å². The van der Waals surface area contributed by atoms with Gasteiger partial charge in [-0.05, 0) is 50.6 Å². The number of ether oxygens (including phenoxy) is 1. The molecule has 126 valence electrons. The summed E-state index contributed by atoms with van der Waals surface area (Å²) in [4.78, 5) is 14.3. The third kappa shape index (κ3) is 5.97. The maximum absolute atomic E-state index is 11.7. The summed E-state index contributed by atoms with van der Waals surface area (Å²) in [7, 11) is 0. The number of carbonyl (C=O) groups excluding carboxylic acids is 1. The van der Waals surface area contributed by atoms with Crippen LogP contribution < -0.4 is 10.6 Å². The fourth-order valence-electron chi connectivity index (χ4n) is 2.11. The van der Waals surface area contributed by atoms with Gasteiger partial charge < -0.3 is 15.4 Å². The molecule has 4 nitrogen and oxygen atoms in total. The molecule has 1 amide bonds. The Bertz CT molecular complexity index is 554. The Morgan fingerprint density at radius 3 is 2.17 bits per heavy atom. The van der Waals surface area contributed by atoms with Crippen molar-refractivity contribution >= 4 is 28.8 Å². The molecule has 0 aliphatic rings. The summed E-state index contributed by atoms with van der Waals surface area (Å²) in [6.45, 7) is 8.15. The number of rotatable bonds is 6. The van der Waals surface area contributed by atoms with E-state index in [4.69, 9.17) is 4.74 Å². The number of nitrogens with one attached hydrogen (secondary N) is 2. The van der Waals surface area contributed by atoms with Crippen molar-refractivity contribution < 1.29 is 9.53 Å². The lowest BCUT2D eigenvalue weighted by molar-refractivity contribution is 0.0523. The van der Waals surface area contributed by atoms with Crippen molar-refractivity contribution in [2.24, 2.45) is 0 Å². The summed E-state index contributed by atoms with van der Waals surface area (Å²) in [5, 5.41) is 10.6. The van der Waals surface area contributed by atoms with Gasteiger partial charge in [0, 0.05) is 22.3 Å². The highest BCUT2D eigenvalue weighted by Crippen LogP contribution is 2.29. The maximum Gasteiger partial charge on any atom is 0.407 e. The first kappa shape index (κ1) is 18.0. The Morgan fingerprint density at radius 2 is 1.74 bits per heavy atom. The molecule has 0 spiro atoms. The number of carbonyl (C=O) groups is 1. The van der Waals surface area contributed by atoms with Gasteiger partial charge in [0.05, 0.1) is 6.04 Å². The quantitative estimate of drug-likeness (QED) is 0.810. The van der Waals surface area contributed by atoms with Gasteiger partial charge in [0.1, 0.15) is 5.60 Å². The van der Waals surface area contributed by atoms with Gasteiger partial charge in [-0.1, -0.05) is 12.1 Å². The fraction of sp³-hybridized carbons (Fsp3) is 0.471. The van der Waals surface area contributed by atoms with Crippen LogP contribution in [-0.4, -0.2) is 24.3 Å². The zero-order valence-corrected chi connectivity index (χ0v) is 15.6. The molecule has 2 N–H and O–H groups in total. The first-order valence-electron chi connectivity index (χ1n) is 7.65. The molecule has 0 bridgehead atoms. The molecule has 2 rings (SSSR count). The van der Waals surface area contributed by atoms with Gasteiger partial charge in [-0.2, -0.15) is 0 Å². The Hall–Kier alpha value is -1.37. The lowest BCUT2D eigenvalue weighted by Crippen LogP contribution is -2.42. The van der Waals surface area contributed by atoms with Gasteiger partial charge in [-0.15, -0.1) is 22.7 Å². The van der Waals surface area contributed by atoms with Gasteiger partial charge in [0.25, 0.3) is 0 Å². The van der Waals surface area contributed by atoms with Crippen molar-refractivity contribution in [2.75, 3.05) is 6.54 Å². The Balaban J connectivity index is 1.91. The molecule has 1 unspecified atom stereocenters. The van der Waals surface area contributed by atoms with Crippen molar-refractivity contribution in [3.63, 3.8) is 0 Å². The van der Waals surface area contributed by atoms with Crippen molar-refractivity contribution in [2.45, 2.75) is 45.4 Å². The molecule has 0 radical (unpaired) electrons. The summed E-state index contributed by atoms with van der Waals surface area (Å²) in [5.41, 5.74) is -0.475. The van der Waals surface area contributed by atoms with E-state index in [-0.39, 0.29) is 18.2 Å². The van der Waals surface area contributed by atoms with Gasteiger partial charge in [-0.25, -0.2) is 4.79 Å². The van der Waals surface area contributed by atoms with E-state index in [0.717, 1.165) is 0 Å². The van der Waals surface area contributed by atoms with E-state index in [2.05, 4.69) is 52.6 Å². The summed E-state index contributed by atoms with van der Waals surface area (Å²) >= 11 is 3.47. The molecule has 23 heavy (non-hydrogen) atoms. The minimum absolute atomic E-state index is 0.122. The largest absolute Gasteiger partial charge is 0.444 e. The second-order valence-electron chi connectivity index (χ2n) is 6.41. The normalized spacial score (nSPS) is 13.1. The highest BCUT2D eigenvalue weighted by Gasteiger charge is 2.20. The lowest BCUT2D eigenvalue weighted by Gasteiger charge is -2.24. The Kier molecular flexibility index (Phi) is 6.21. The lowest BCUT2D eigenvalue weighted by atomic mass is 10.1. The predicted molar refractivity (Wildman–Crippen MR) is 97.3 cm³/mol. The fourth-order valence-corrected chi connectivity index (χ4v) is 3.79. The number of amides is 1. The summed E-state index contributed by atoms with van der Waals surface area (Å²) in [6.07, 6.45) is -0.380. The predicted octanol–water partition coefficient (Wildman–Crippen LogP) is 4.40. The molecule has 6 heteroatoms. The van der Waals surface area contributed by atoms with E-state index in [9.17, 15) is 4.79 Å². The van der Waals surface area contributed by atoms with Crippen LogP contribution in [0.4, 0.5) is 4.79 Å². The molecule has 2 aromatic heterocycles. The number of thiophene rings is 2. The second-order valence-corrected chi connectivity index (χ2v) is 8.37. The van der Waals surface area contributed by atoms with E-state index in [1.54, 1.807) is 22.7 Å². The third-order valence-corrected chi connectivity index (χ3v) is 4.93. The Morgan fingerprint density at radius 1 is 1.17 bits per heavy atom. The van der Waals surface area contributed by atoms with E-state index < -0.39 is 5.60 Å². The van der Waals surface area contributed by atoms with E-state index >= 15 is 0 Å². The van der Waals surface area contributed by atoms with Crippen LogP contribution in [-0.2, 0) is 4.74 Å². The first-order valence-corrected chi connectivity index (χ1v) is 9.41. The average Bonchev–Trinajstić information content (AvgIpc) is 3.13. The molecule has 0 aliphatic carbocycles. The molecule has 0 saturated heterocycles. The smallest absolute Gasteiger partial charge is 0.407 e. The molecular weight excluding hydrogens is 328 g/mol. The standard InChI is InChI=1S/C17H24N2O2S2/c1-12(11-18-16(20)21-17(2,3)4)19-15(13-7-5-9-22-13)14-8-6-10-23-14/h5-10,12,15,19H,11H2,1-4H3,(H,18,20). The molecular formula is C17H24N2O2S2. The number of hydrogen-bond donors (Lipinski definition) is 2. The van der Waals surface area contributed by atoms with Crippen molar-refractivity contribution in [1.82, 2.24) is 10.6 Å². The molecule has 2 aromatic rings. The van der Waals surface area contributed by atoms with Gasteiger partial charge >= 0.3 is 6.09 Å². The second kappa shape index (κ2) is 7.95. The highest BCUT2D eigenvalue weighted by atomic mass is 32.1. The van der Waals surface area contributed by atoms with E-state index in [1.807, 2.05) is 20.8 Å². The molecule has 0 saturated carbocycles. The third-order valence-electron chi connectivity index (χ3n) is 3.06. The summed E-state index contributed by atoms with van der Waals surface area (Å²) in [5.74, 6) is 0. The van der Waals surface area contributed by atoms with Crippen LogP contribution >= 0.6 is 22.7 Å². The van der Waals surface area contributed by atoms with Crippen molar-refractivity contribution in [3.8, 4) is 0 Å². The van der Waals surface area contributed by atoms with Crippen LogP contribution in [0.5, 0.6) is 0 Å². The first-order chi connectivity index (χ1) is 10.8. The minimum atomic E-state index is -0.475. The summed E-state index contributed by atoms with van der Waals surface area (Å²) < 4.78 is 5.26. The number of alkyl carbamates (subject to hydrolysis) is 1. The van der Waals surface area contributed by atoms with Crippen LogP contribution in [0.2, 0.25) is 0 Å². The molecule has 1 atom stereocenters. The molecule has 0 aromatic carbocycles. The minimum Gasteiger partial charge on any atom is -0.444 e. The van der Waals surface area contributed by atoms with Crippen LogP contribution in [0.15, 0.2) is 35.0 Å². The zero-order chi connectivity index (χ0) is 16.9. The zero-order valence-electron chi connectivity index (χ0n) is 14.0. The van der Waals surface area contributed by atoms with Crippen LogP contribution in [0, 0.1) is 0 Å². The molecule has 0 fully saturated rings. The van der Waals surface area contributed by atoms with Crippen LogP contribution in [0.3, 0.4) is 0 Å². The van der Waals surface area contributed by atoms with Gasteiger partial charge in [-0.3, -0.25) is 0 Å². The van der Waals surface area contributed by atoms with E-state index in [0.29, 0.717) is 6.54 Å². The highest BCUT2D eigenvalue weighted by molar-refractivity contribution is 7.11. The van der Waals surface area contributed by atoms with Crippen LogP contribution in [0.25, 0.3) is 0 Å². The molecule has 2 heterocycles. The van der Waals surface area contributed by atoms with E-state index in [1.165, 1.54) is 9.75 Å². The Labute approximate surface area is 145 Å². The van der Waals surface area contributed by atoms with Gasteiger partial charge in [0.2, 0.25) is 0 Å².